The topological polar surface area (TPSA) is 43.1 Å². The van der Waals surface area contributed by atoms with Crippen LogP contribution in [-0.4, -0.2) is 21.3 Å². The van der Waals surface area contributed by atoms with Crippen molar-refractivity contribution in [1.29, 1.82) is 0 Å². The lowest BCUT2D eigenvalue weighted by Gasteiger charge is -2.08. The summed E-state index contributed by atoms with van der Waals surface area (Å²) in [6.07, 6.45) is 5.37. The quantitative estimate of drug-likeness (QED) is 0.726. The first kappa shape index (κ1) is 10.2. The first-order valence-electron chi connectivity index (χ1n) is 4.86. The van der Waals surface area contributed by atoms with Gasteiger partial charge < -0.3 is 5.73 Å². The summed E-state index contributed by atoms with van der Waals surface area (Å²) in [6, 6.07) is 0.320. The van der Waals surface area contributed by atoms with E-state index in [4.69, 9.17) is 5.73 Å². The number of hydrogen-bond donors (Lipinski definition) is 1. The maximum Gasteiger partial charge on any atom is 0.0363 e. The molecule has 2 nitrogen and oxygen atoms in total. The monoisotopic (exact) mass is 189 g/mol. The Labute approximate surface area is 77.4 Å². The Morgan fingerprint density at radius 2 is 2.25 bits per heavy atom. The van der Waals surface area contributed by atoms with E-state index in [0.717, 1.165) is 37.9 Å². The fourth-order valence-electron chi connectivity index (χ4n) is 1.67. The Hall–Kier alpha value is 0.110. The van der Waals surface area contributed by atoms with Crippen LogP contribution >= 0.6 is 0 Å². The van der Waals surface area contributed by atoms with Gasteiger partial charge in [-0.1, -0.05) is 13.3 Å². The molecule has 0 aromatic heterocycles. The van der Waals surface area contributed by atoms with Crippen LogP contribution in [0.3, 0.4) is 0 Å². The minimum absolute atomic E-state index is 0.320. The zero-order valence-electron chi connectivity index (χ0n) is 7.79. The highest BCUT2D eigenvalue weighted by Crippen LogP contribution is 2.22. The second kappa shape index (κ2) is 4.97. The van der Waals surface area contributed by atoms with E-state index in [0.29, 0.717) is 11.3 Å². The van der Waals surface area contributed by atoms with Gasteiger partial charge in [0.2, 0.25) is 0 Å². The fourth-order valence-corrected chi connectivity index (χ4v) is 3.43. The maximum atomic E-state index is 11.6. The third-order valence-corrected chi connectivity index (χ3v) is 4.36. The highest BCUT2D eigenvalue weighted by atomic mass is 32.2. The highest BCUT2D eigenvalue weighted by molar-refractivity contribution is 7.85. The minimum Gasteiger partial charge on any atom is -0.328 e. The molecule has 0 bridgehead atoms. The van der Waals surface area contributed by atoms with Crippen molar-refractivity contribution in [3.05, 3.63) is 0 Å². The molecule has 1 aliphatic rings. The van der Waals surface area contributed by atoms with Gasteiger partial charge in [-0.2, -0.15) is 0 Å². The minimum atomic E-state index is -0.596. The number of hydrogen-bond acceptors (Lipinski definition) is 2. The Balaban J connectivity index is 2.23. The summed E-state index contributed by atoms with van der Waals surface area (Å²) >= 11 is 0. The van der Waals surface area contributed by atoms with Crippen LogP contribution < -0.4 is 5.73 Å². The predicted molar refractivity (Wildman–Crippen MR) is 53.5 cm³/mol. The third-order valence-electron chi connectivity index (χ3n) is 2.50. The van der Waals surface area contributed by atoms with Crippen LogP contribution in [0.4, 0.5) is 0 Å². The second-order valence-corrected chi connectivity index (χ2v) is 5.47. The molecular formula is C9H19NOS. The van der Waals surface area contributed by atoms with Crippen LogP contribution in [0.25, 0.3) is 0 Å². The van der Waals surface area contributed by atoms with Crippen molar-refractivity contribution in [2.45, 2.75) is 50.3 Å². The molecule has 72 valence electrons. The van der Waals surface area contributed by atoms with Gasteiger partial charge in [-0.15, -0.1) is 0 Å². The lowest BCUT2D eigenvalue weighted by molar-refractivity contribution is 0.661. The summed E-state index contributed by atoms with van der Waals surface area (Å²) in [7, 11) is -0.596. The normalized spacial score (nSPS) is 32.2. The zero-order chi connectivity index (χ0) is 8.97. The summed E-state index contributed by atoms with van der Waals surface area (Å²) in [4.78, 5) is 0. The maximum absolute atomic E-state index is 11.6. The zero-order valence-corrected chi connectivity index (χ0v) is 8.61. The van der Waals surface area contributed by atoms with Crippen LogP contribution in [0.1, 0.15) is 39.0 Å². The second-order valence-electron chi connectivity index (χ2n) is 3.63. The van der Waals surface area contributed by atoms with E-state index in [1.165, 1.54) is 0 Å². The molecule has 3 heteroatoms. The Kier molecular flexibility index (Phi) is 4.22. The molecular weight excluding hydrogens is 170 g/mol. The molecule has 0 saturated heterocycles. The van der Waals surface area contributed by atoms with E-state index in [2.05, 4.69) is 6.92 Å². The summed E-state index contributed by atoms with van der Waals surface area (Å²) < 4.78 is 11.6. The molecule has 1 fully saturated rings. The molecule has 2 N–H and O–H groups in total. The Bertz CT molecular complexity index is 161. The van der Waals surface area contributed by atoms with Gasteiger partial charge in [0.25, 0.3) is 0 Å². The van der Waals surface area contributed by atoms with Gasteiger partial charge in [0.1, 0.15) is 0 Å². The van der Waals surface area contributed by atoms with Crippen molar-refractivity contribution in [2.75, 3.05) is 5.75 Å². The SMILES string of the molecule is CCCCS(=O)C1CCC(N)C1. The van der Waals surface area contributed by atoms with Crippen molar-refractivity contribution in [1.82, 2.24) is 0 Å². The average Bonchev–Trinajstić information content (AvgIpc) is 2.47. The molecule has 0 aromatic rings. The molecule has 0 aromatic carbocycles. The average molecular weight is 189 g/mol. The van der Waals surface area contributed by atoms with Gasteiger partial charge in [-0.05, 0) is 25.7 Å². The van der Waals surface area contributed by atoms with E-state index in [-0.39, 0.29) is 0 Å². The molecule has 0 aliphatic heterocycles. The van der Waals surface area contributed by atoms with E-state index in [9.17, 15) is 4.21 Å². The molecule has 0 amide bonds. The lowest BCUT2D eigenvalue weighted by Crippen LogP contribution is -2.19. The van der Waals surface area contributed by atoms with Crippen LogP contribution in [0.15, 0.2) is 0 Å². The van der Waals surface area contributed by atoms with Gasteiger partial charge in [-0.25, -0.2) is 0 Å². The van der Waals surface area contributed by atoms with Crippen LogP contribution in [0.2, 0.25) is 0 Å². The van der Waals surface area contributed by atoms with E-state index >= 15 is 0 Å². The van der Waals surface area contributed by atoms with Crippen LogP contribution in [-0.2, 0) is 10.8 Å². The van der Waals surface area contributed by atoms with Gasteiger partial charge >= 0.3 is 0 Å². The molecule has 3 atom stereocenters. The summed E-state index contributed by atoms with van der Waals surface area (Å²) in [5.74, 6) is 0.883. The summed E-state index contributed by atoms with van der Waals surface area (Å²) in [5, 5.41) is 0.409. The molecule has 0 spiro atoms. The first-order valence-corrected chi connectivity index (χ1v) is 6.25. The summed E-state index contributed by atoms with van der Waals surface area (Å²) in [6.45, 7) is 2.14. The lowest BCUT2D eigenvalue weighted by atomic mass is 10.3. The van der Waals surface area contributed by atoms with Crippen molar-refractivity contribution in [3.63, 3.8) is 0 Å². The van der Waals surface area contributed by atoms with E-state index < -0.39 is 10.8 Å². The standard InChI is InChI=1S/C9H19NOS/c1-2-3-6-12(11)9-5-4-8(10)7-9/h8-9H,2-7,10H2,1H3. The van der Waals surface area contributed by atoms with Gasteiger partial charge in [0, 0.05) is 27.8 Å². The number of nitrogens with two attached hydrogens (primary N) is 1. The van der Waals surface area contributed by atoms with Gasteiger partial charge in [0.15, 0.2) is 0 Å². The van der Waals surface area contributed by atoms with E-state index in [1.54, 1.807) is 0 Å². The molecule has 0 radical (unpaired) electrons. The van der Waals surface area contributed by atoms with Crippen LogP contribution in [0, 0.1) is 0 Å². The molecule has 1 saturated carbocycles. The fraction of sp³-hybridized carbons (Fsp3) is 1.00. The number of rotatable bonds is 4. The molecule has 0 heterocycles. The third kappa shape index (κ3) is 2.87. The molecule has 1 aliphatic carbocycles. The largest absolute Gasteiger partial charge is 0.328 e. The molecule has 12 heavy (non-hydrogen) atoms. The van der Waals surface area contributed by atoms with Crippen molar-refractivity contribution >= 4 is 10.8 Å². The van der Waals surface area contributed by atoms with Crippen molar-refractivity contribution < 1.29 is 4.21 Å². The van der Waals surface area contributed by atoms with Crippen molar-refractivity contribution in [3.8, 4) is 0 Å². The first-order chi connectivity index (χ1) is 5.74. The smallest absolute Gasteiger partial charge is 0.0363 e. The molecule has 3 unspecified atom stereocenters. The Morgan fingerprint density at radius 3 is 2.75 bits per heavy atom. The van der Waals surface area contributed by atoms with Gasteiger partial charge in [-0.3, -0.25) is 4.21 Å². The van der Waals surface area contributed by atoms with Gasteiger partial charge in [0.05, 0.1) is 0 Å². The number of unbranched alkanes of at least 4 members (excludes halogenated alkanes) is 1. The van der Waals surface area contributed by atoms with Crippen LogP contribution in [0.5, 0.6) is 0 Å². The Morgan fingerprint density at radius 1 is 1.50 bits per heavy atom. The highest BCUT2D eigenvalue weighted by Gasteiger charge is 2.25. The predicted octanol–water partition coefficient (Wildman–Crippen LogP) is 1.41. The summed E-state index contributed by atoms with van der Waals surface area (Å²) in [5.41, 5.74) is 5.76. The van der Waals surface area contributed by atoms with Crippen molar-refractivity contribution in [2.24, 2.45) is 5.73 Å². The van der Waals surface area contributed by atoms with E-state index in [1.807, 2.05) is 0 Å². The molecule has 1 rings (SSSR count).